The van der Waals surface area contributed by atoms with Crippen molar-refractivity contribution in [1.29, 1.82) is 0 Å². The molecule has 0 aliphatic carbocycles. The van der Waals surface area contributed by atoms with Crippen molar-refractivity contribution in [2.45, 2.75) is 69.2 Å². The topological polar surface area (TPSA) is 109 Å². The van der Waals surface area contributed by atoms with E-state index >= 15 is 4.39 Å². The Labute approximate surface area is 258 Å². The molecule has 0 amide bonds. The normalized spacial score (nSPS) is 29.4. The Hall–Kier alpha value is -3.90. The van der Waals surface area contributed by atoms with E-state index in [9.17, 15) is 14.3 Å². The summed E-state index contributed by atoms with van der Waals surface area (Å²) in [6, 6.07) is 5.41. The Balaban J connectivity index is 1.31. The molecule has 0 radical (unpaired) electrons. The summed E-state index contributed by atoms with van der Waals surface area (Å²) >= 11 is 0. The van der Waals surface area contributed by atoms with Crippen molar-refractivity contribution in [3.63, 3.8) is 0 Å². The van der Waals surface area contributed by atoms with Crippen molar-refractivity contribution in [1.82, 2.24) is 30.0 Å². The number of piperidine rings is 2. The largest absolute Gasteiger partial charge is 0.508 e. The van der Waals surface area contributed by atoms with Gasteiger partial charge in [-0.15, -0.1) is 0 Å². The highest BCUT2D eigenvalue weighted by atomic mass is 19.1. The first-order valence-corrected chi connectivity index (χ1v) is 15.2. The van der Waals surface area contributed by atoms with Gasteiger partial charge >= 0.3 is 6.01 Å². The lowest BCUT2D eigenvalue weighted by Crippen LogP contribution is -2.61. The molecule has 4 atom stereocenters. The van der Waals surface area contributed by atoms with Crippen molar-refractivity contribution < 1.29 is 24.1 Å². The molecule has 5 saturated heterocycles. The second kappa shape index (κ2) is 10.3. The summed E-state index contributed by atoms with van der Waals surface area (Å²) in [5.74, 6) is -0.278. The minimum atomic E-state index is -2.63. The Morgan fingerprint density at radius 2 is 2.16 bits per heavy atom. The van der Waals surface area contributed by atoms with E-state index in [4.69, 9.17) is 10.2 Å². The number of halogens is 2. The van der Waals surface area contributed by atoms with E-state index in [1.54, 1.807) is 6.92 Å². The summed E-state index contributed by atoms with van der Waals surface area (Å²) in [5, 5.41) is 19.8. The van der Waals surface area contributed by atoms with Crippen molar-refractivity contribution in [3.05, 3.63) is 52.2 Å². The third-order valence-corrected chi connectivity index (χ3v) is 9.57. The highest BCUT2D eigenvalue weighted by Crippen LogP contribution is 2.41. The van der Waals surface area contributed by atoms with E-state index in [2.05, 4.69) is 20.4 Å². The van der Waals surface area contributed by atoms with Crippen LogP contribution in [0.3, 0.4) is 0 Å². The molecule has 2 aromatic carbocycles. The first-order chi connectivity index (χ1) is 22.8. The maximum Gasteiger partial charge on any atom is 0.319 e. The van der Waals surface area contributed by atoms with Gasteiger partial charge in [0, 0.05) is 52.3 Å². The van der Waals surface area contributed by atoms with Crippen LogP contribution in [0.15, 0.2) is 35.3 Å². The summed E-state index contributed by atoms with van der Waals surface area (Å²) in [5.41, 5.74) is -1.97. The van der Waals surface area contributed by atoms with Crippen LogP contribution in [0.2, 0.25) is 0 Å². The second-order valence-electron chi connectivity index (χ2n) is 12.2. The van der Waals surface area contributed by atoms with Crippen LogP contribution in [0.5, 0.6) is 11.8 Å². The average molecular weight is 608 g/mol. The molecule has 0 saturated carbocycles. The van der Waals surface area contributed by atoms with Gasteiger partial charge in [0.05, 0.1) is 25.6 Å². The van der Waals surface area contributed by atoms with E-state index in [1.165, 1.54) is 35.4 Å². The maximum atomic E-state index is 15.0. The Morgan fingerprint density at radius 1 is 1.27 bits per heavy atom. The standard InChI is InChI=1S/C32H35F2N7O3/c1-2-23-25(34)7-4-18-10-22(42)11-26(27(18)23)41-30(43)28-24(14-36-41)29(40-16-20-5-6-21(40)13-35-20)38-31(37-28)44-17-32-8-3-9-39(32)15-19(33)12-32/h4,7,10-11,14,19-21,35,42H,2-3,5-6,8-9,12-13,15-17H2,1H3/t19-,20?,21?,32+/m1/s1/i9D2,17D2. The predicted molar refractivity (Wildman–Crippen MR) is 162 cm³/mol. The van der Waals surface area contributed by atoms with E-state index in [0.717, 1.165) is 17.5 Å². The van der Waals surface area contributed by atoms with Gasteiger partial charge in [-0.2, -0.15) is 19.7 Å². The van der Waals surface area contributed by atoms with Crippen molar-refractivity contribution >= 4 is 27.5 Å². The lowest BCUT2D eigenvalue weighted by atomic mass is 9.93. The molecule has 12 heteroatoms. The zero-order chi connectivity index (χ0) is 33.7. The molecule has 9 rings (SSSR count). The predicted octanol–water partition coefficient (Wildman–Crippen LogP) is 3.63. The van der Waals surface area contributed by atoms with Gasteiger partial charge in [0.1, 0.15) is 35.6 Å². The zero-order valence-electron chi connectivity index (χ0n) is 28.2. The number of anilines is 1. The van der Waals surface area contributed by atoms with Gasteiger partial charge < -0.3 is 20.1 Å². The summed E-state index contributed by atoms with van der Waals surface area (Å²) in [6.45, 7) is -1.78. The first kappa shape index (κ1) is 23.5. The fraction of sp³-hybridized carbons (Fsp3) is 0.500. The molecular weight excluding hydrogens is 568 g/mol. The van der Waals surface area contributed by atoms with Crippen LogP contribution in [0.1, 0.15) is 50.1 Å². The first-order valence-electron chi connectivity index (χ1n) is 17.2. The number of phenolic OH excluding ortho intramolecular Hbond substituents is 1. The van der Waals surface area contributed by atoms with Gasteiger partial charge in [-0.05, 0) is 61.7 Å². The number of nitrogens with zero attached hydrogens (tertiary/aromatic N) is 6. The number of ether oxygens (including phenoxy) is 1. The second-order valence-corrected chi connectivity index (χ2v) is 12.2. The maximum absolute atomic E-state index is 15.0. The van der Waals surface area contributed by atoms with Crippen LogP contribution in [0, 0.1) is 5.82 Å². The summed E-state index contributed by atoms with van der Waals surface area (Å²) in [7, 11) is 0. The minimum Gasteiger partial charge on any atom is -0.508 e. The Bertz CT molecular complexity index is 2030. The number of hydrogen-bond donors (Lipinski definition) is 2. The van der Waals surface area contributed by atoms with Gasteiger partial charge in [-0.3, -0.25) is 9.69 Å². The molecule has 7 heterocycles. The summed E-state index contributed by atoms with van der Waals surface area (Å²) in [4.78, 5) is 26.7. The number of hydrogen-bond acceptors (Lipinski definition) is 9. The van der Waals surface area contributed by atoms with Crippen LogP contribution in [-0.2, 0) is 6.42 Å². The van der Waals surface area contributed by atoms with Crippen molar-refractivity contribution in [2.24, 2.45) is 0 Å². The highest BCUT2D eigenvalue weighted by molar-refractivity contribution is 5.95. The van der Waals surface area contributed by atoms with E-state index in [0.29, 0.717) is 47.1 Å². The van der Waals surface area contributed by atoms with Crippen LogP contribution in [0.4, 0.5) is 14.6 Å². The molecule has 4 aromatic rings. The number of nitrogens with one attached hydrogen (secondary N) is 1. The number of benzene rings is 2. The number of aryl methyl sites for hydroxylation is 1. The smallest absolute Gasteiger partial charge is 0.319 e. The quantitative estimate of drug-likeness (QED) is 0.340. The highest BCUT2D eigenvalue weighted by Gasteiger charge is 2.49. The number of rotatable bonds is 6. The number of phenols is 1. The van der Waals surface area contributed by atoms with E-state index < -0.39 is 42.2 Å². The Kier molecular flexibility index (Phi) is 5.52. The molecular formula is C32H35F2N7O3. The fourth-order valence-electron chi connectivity index (χ4n) is 7.43. The fourth-order valence-corrected chi connectivity index (χ4v) is 7.43. The summed E-state index contributed by atoms with van der Waals surface area (Å²) in [6.07, 6.45) is 1.90. The van der Waals surface area contributed by atoms with Crippen molar-refractivity contribution in [2.75, 3.05) is 37.6 Å². The number of fused-ring (bicyclic) bond motifs is 6. The van der Waals surface area contributed by atoms with Gasteiger partial charge in [-0.25, -0.2) is 8.78 Å². The van der Waals surface area contributed by atoms with Gasteiger partial charge in [0.2, 0.25) is 0 Å². The molecule has 2 bridgehead atoms. The molecule has 0 spiro atoms. The van der Waals surface area contributed by atoms with Crippen LogP contribution in [-0.4, -0.2) is 86.2 Å². The average Bonchev–Trinajstić information content (AvgIpc) is 3.55. The summed E-state index contributed by atoms with van der Waals surface area (Å²) < 4.78 is 71.8. The third-order valence-electron chi connectivity index (χ3n) is 9.57. The molecule has 2 unspecified atom stereocenters. The molecule has 10 nitrogen and oxygen atoms in total. The number of alkyl halides is 1. The zero-order valence-corrected chi connectivity index (χ0v) is 24.2. The molecule has 230 valence electrons. The number of aromatic hydroxyl groups is 1. The molecule has 5 aliphatic rings. The number of aromatic nitrogens is 4. The molecule has 2 N–H and O–H groups in total. The molecule has 5 aliphatic heterocycles. The van der Waals surface area contributed by atoms with E-state index in [1.807, 2.05) is 4.90 Å². The van der Waals surface area contributed by atoms with Gasteiger partial charge in [-0.1, -0.05) is 13.0 Å². The SMILES string of the molecule is [2H]C1([2H])CC[C@@]2(C([2H])([2H])Oc3nc(N4CC5CCC4CN5)c4cnn(-c5cc(O)cc6ccc(F)c(CC)c56)c(=O)c4n3)C[C@@H](F)CN12. The van der Waals surface area contributed by atoms with E-state index in [-0.39, 0.29) is 54.8 Å². The minimum absolute atomic E-state index is 0.00482. The van der Waals surface area contributed by atoms with Crippen LogP contribution in [0.25, 0.3) is 27.4 Å². The van der Waals surface area contributed by atoms with Gasteiger partial charge in [0.25, 0.3) is 5.56 Å². The van der Waals surface area contributed by atoms with Crippen LogP contribution >= 0.6 is 0 Å². The van der Waals surface area contributed by atoms with Gasteiger partial charge in [0.15, 0.2) is 0 Å². The lowest BCUT2D eigenvalue weighted by Gasteiger charge is -2.46. The molecule has 5 fully saturated rings. The number of piperazine rings is 1. The molecule has 44 heavy (non-hydrogen) atoms. The third kappa shape index (κ3) is 4.33. The van der Waals surface area contributed by atoms with Crippen LogP contribution < -0.4 is 20.5 Å². The molecule has 2 aromatic heterocycles. The lowest BCUT2D eigenvalue weighted by molar-refractivity contribution is 0.107. The Morgan fingerprint density at radius 3 is 2.93 bits per heavy atom. The van der Waals surface area contributed by atoms with Crippen molar-refractivity contribution in [3.8, 4) is 17.4 Å². The monoisotopic (exact) mass is 607 g/mol.